The Kier molecular flexibility index (Phi) is 9.31. The van der Waals surface area contributed by atoms with Crippen molar-refractivity contribution in [2.75, 3.05) is 33.3 Å². The van der Waals surface area contributed by atoms with Crippen LogP contribution in [0.4, 0.5) is 0 Å². The third-order valence-corrected chi connectivity index (χ3v) is 6.26. The first kappa shape index (κ1) is 27.4. The van der Waals surface area contributed by atoms with Crippen LogP contribution in [0.2, 0.25) is 0 Å². The lowest BCUT2D eigenvalue weighted by molar-refractivity contribution is -0.146. The summed E-state index contributed by atoms with van der Waals surface area (Å²) in [6, 6.07) is 4.86. The van der Waals surface area contributed by atoms with Crippen molar-refractivity contribution in [1.29, 1.82) is 0 Å². The highest BCUT2D eigenvalue weighted by atomic mass is 16.5. The number of carbonyl (C=O) groups excluding carboxylic acids is 4. The van der Waals surface area contributed by atoms with Crippen molar-refractivity contribution in [3.05, 3.63) is 29.8 Å². The summed E-state index contributed by atoms with van der Waals surface area (Å²) in [5.41, 5.74) is 0.253. The first-order chi connectivity index (χ1) is 17.0. The van der Waals surface area contributed by atoms with Crippen LogP contribution in [0.1, 0.15) is 50.9 Å². The highest BCUT2D eigenvalue weighted by molar-refractivity contribution is 6.01. The summed E-state index contributed by atoms with van der Waals surface area (Å²) < 4.78 is 11.6. The van der Waals surface area contributed by atoms with Gasteiger partial charge in [0.1, 0.15) is 24.4 Å². The number of likely N-dealkylation sites (N-methyl/N-ethyl adjacent to an activating group) is 1. The number of hydrogen-bond donors (Lipinski definition) is 2. The van der Waals surface area contributed by atoms with E-state index in [-0.39, 0.29) is 55.1 Å². The predicted molar refractivity (Wildman–Crippen MR) is 133 cm³/mol. The van der Waals surface area contributed by atoms with Gasteiger partial charge in [-0.3, -0.25) is 19.2 Å². The van der Waals surface area contributed by atoms with E-state index in [0.717, 1.165) is 0 Å². The molecular weight excluding hydrogens is 464 g/mol. The molecule has 1 fully saturated rings. The lowest BCUT2D eigenvalue weighted by atomic mass is 10.0. The van der Waals surface area contributed by atoms with Crippen LogP contribution in [0.15, 0.2) is 24.3 Å². The zero-order valence-electron chi connectivity index (χ0n) is 21.8. The maximum absolute atomic E-state index is 13.5. The SMILES string of the molecule is CC(C)C[C@@H]1NC(=O)C[C@@H](C(=O)N2C[C@@H](C)O[C@@H](C)C2)NC(=O)c2ccccc2OCCN(C)C1=O. The largest absolute Gasteiger partial charge is 0.491 e. The molecule has 2 N–H and O–H groups in total. The van der Waals surface area contributed by atoms with Gasteiger partial charge in [-0.05, 0) is 38.3 Å². The minimum absolute atomic E-state index is 0.156. The topological polar surface area (TPSA) is 117 Å². The molecule has 2 aliphatic heterocycles. The molecule has 0 aliphatic carbocycles. The monoisotopic (exact) mass is 502 g/mol. The van der Waals surface area contributed by atoms with Gasteiger partial charge in [0, 0.05) is 20.1 Å². The Morgan fingerprint density at radius 2 is 1.75 bits per heavy atom. The van der Waals surface area contributed by atoms with Crippen LogP contribution in [-0.4, -0.2) is 91.0 Å². The van der Waals surface area contributed by atoms with E-state index in [1.54, 1.807) is 36.2 Å². The second kappa shape index (κ2) is 12.2. The molecular formula is C26H38N4O6. The van der Waals surface area contributed by atoms with Gasteiger partial charge < -0.3 is 29.9 Å². The third kappa shape index (κ3) is 7.19. The van der Waals surface area contributed by atoms with Gasteiger partial charge >= 0.3 is 0 Å². The molecule has 10 heteroatoms. The summed E-state index contributed by atoms with van der Waals surface area (Å²) >= 11 is 0. The van der Waals surface area contributed by atoms with Crippen LogP contribution >= 0.6 is 0 Å². The van der Waals surface area contributed by atoms with Crippen LogP contribution in [-0.2, 0) is 19.1 Å². The number of amides is 4. The minimum atomic E-state index is -1.11. The van der Waals surface area contributed by atoms with Crippen LogP contribution in [0.5, 0.6) is 5.75 Å². The number of carbonyl (C=O) groups is 4. The predicted octanol–water partition coefficient (Wildman–Crippen LogP) is 1.19. The number of nitrogens with zero attached hydrogens (tertiary/aromatic N) is 2. The number of benzene rings is 1. The molecule has 10 nitrogen and oxygen atoms in total. The van der Waals surface area contributed by atoms with Crippen molar-refractivity contribution in [2.45, 2.75) is 64.8 Å². The Bertz CT molecular complexity index is 958. The van der Waals surface area contributed by atoms with E-state index in [9.17, 15) is 19.2 Å². The van der Waals surface area contributed by atoms with Gasteiger partial charge in [-0.1, -0.05) is 26.0 Å². The average molecular weight is 503 g/mol. The number of morpholine rings is 1. The fraction of sp³-hybridized carbons (Fsp3) is 0.615. The highest BCUT2D eigenvalue weighted by Crippen LogP contribution is 2.20. The molecule has 0 radical (unpaired) electrons. The average Bonchev–Trinajstić information content (AvgIpc) is 2.81. The van der Waals surface area contributed by atoms with Crippen LogP contribution in [0.3, 0.4) is 0 Å². The molecule has 36 heavy (non-hydrogen) atoms. The smallest absolute Gasteiger partial charge is 0.255 e. The van der Waals surface area contributed by atoms with E-state index in [1.807, 2.05) is 27.7 Å². The van der Waals surface area contributed by atoms with Crippen molar-refractivity contribution in [1.82, 2.24) is 20.4 Å². The standard InChI is InChI=1S/C26H38N4O6/c1-16(2)12-20-25(33)29(5)10-11-35-22-9-7-6-8-19(22)24(32)28-21(13-23(31)27-20)26(34)30-14-17(3)36-18(4)15-30/h6-9,16-18,20-21H,10-15H2,1-5H3,(H,27,31)(H,28,32)/t17-,18+,20-,21-/m0/s1. The summed E-state index contributed by atoms with van der Waals surface area (Å²) in [6.07, 6.45) is -0.182. The fourth-order valence-corrected chi connectivity index (χ4v) is 4.59. The second-order valence-corrected chi connectivity index (χ2v) is 10.1. The van der Waals surface area contributed by atoms with E-state index in [0.29, 0.717) is 25.3 Å². The van der Waals surface area contributed by atoms with Crippen molar-refractivity contribution >= 4 is 23.6 Å². The van der Waals surface area contributed by atoms with Gasteiger partial charge in [-0.25, -0.2) is 0 Å². The number of ether oxygens (including phenoxy) is 2. The van der Waals surface area contributed by atoms with Crippen molar-refractivity contribution in [3.8, 4) is 5.75 Å². The van der Waals surface area contributed by atoms with Crippen LogP contribution in [0.25, 0.3) is 0 Å². The Morgan fingerprint density at radius 1 is 1.08 bits per heavy atom. The molecule has 1 saturated heterocycles. The minimum Gasteiger partial charge on any atom is -0.491 e. The molecule has 0 unspecified atom stereocenters. The normalized spacial score (nSPS) is 26.4. The van der Waals surface area contributed by atoms with Crippen molar-refractivity contribution < 1.29 is 28.7 Å². The van der Waals surface area contributed by atoms with E-state index in [1.165, 1.54) is 4.90 Å². The first-order valence-electron chi connectivity index (χ1n) is 12.6. The summed E-state index contributed by atoms with van der Waals surface area (Å²) in [4.78, 5) is 56.2. The molecule has 0 saturated carbocycles. The quantitative estimate of drug-likeness (QED) is 0.641. The molecule has 1 aromatic rings. The van der Waals surface area contributed by atoms with Gasteiger partial charge in [0.15, 0.2) is 0 Å². The molecule has 0 spiro atoms. The maximum atomic E-state index is 13.5. The molecule has 198 valence electrons. The summed E-state index contributed by atoms with van der Waals surface area (Å²) in [6.45, 7) is 8.86. The Morgan fingerprint density at radius 3 is 2.42 bits per heavy atom. The van der Waals surface area contributed by atoms with Gasteiger partial charge in [0.25, 0.3) is 5.91 Å². The Labute approximate surface area is 212 Å². The molecule has 4 atom stereocenters. The maximum Gasteiger partial charge on any atom is 0.255 e. The molecule has 0 bridgehead atoms. The zero-order chi connectivity index (χ0) is 26.4. The molecule has 0 aromatic heterocycles. The zero-order valence-corrected chi connectivity index (χ0v) is 21.8. The van der Waals surface area contributed by atoms with Crippen molar-refractivity contribution in [2.24, 2.45) is 5.92 Å². The lowest BCUT2D eigenvalue weighted by Gasteiger charge is -2.37. The molecule has 4 amide bonds. The molecule has 1 aromatic carbocycles. The molecule has 2 aliphatic rings. The first-order valence-corrected chi connectivity index (χ1v) is 12.6. The Hall–Kier alpha value is -3.14. The van der Waals surface area contributed by atoms with E-state index in [2.05, 4.69) is 10.6 Å². The molecule has 2 heterocycles. The third-order valence-electron chi connectivity index (χ3n) is 6.26. The van der Waals surface area contributed by atoms with Gasteiger partial charge in [-0.15, -0.1) is 0 Å². The fourth-order valence-electron chi connectivity index (χ4n) is 4.59. The van der Waals surface area contributed by atoms with E-state index >= 15 is 0 Å². The number of nitrogens with one attached hydrogen (secondary N) is 2. The van der Waals surface area contributed by atoms with Crippen molar-refractivity contribution in [3.63, 3.8) is 0 Å². The number of para-hydroxylation sites is 1. The lowest BCUT2D eigenvalue weighted by Crippen LogP contribution is -2.57. The summed E-state index contributed by atoms with van der Waals surface area (Å²) in [7, 11) is 1.66. The Balaban J connectivity index is 1.93. The van der Waals surface area contributed by atoms with E-state index < -0.39 is 23.9 Å². The van der Waals surface area contributed by atoms with Crippen LogP contribution in [0, 0.1) is 5.92 Å². The highest BCUT2D eigenvalue weighted by Gasteiger charge is 2.34. The van der Waals surface area contributed by atoms with E-state index in [4.69, 9.17) is 9.47 Å². The second-order valence-electron chi connectivity index (χ2n) is 10.1. The summed E-state index contributed by atoms with van der Waals surface area (Å²) in [5, 5.41) is 5.56. The number of fused-ring (bicyclic) bond motifs is 1. The van der Waals surface area contributed by atoms with Gasteiger partial charge in [0.2, 0.25) is 17.7 Å². The van der Waals surface area contributed by atoms with Crippen LogP contribution < -0.4 is 15.4 Å². The number of hydrogen-bond acceptors (Lipinski definition) is 6. The van der Waals surface area contributed by atoms with Gasteiger partial charge in [0.05, 0.1) is 30.7 Å². The summed E-state index contributed by atoms with van der Waals surface area (Å²) in [5.74, 6) is -1.08. The molecule has 3 rings (SSSR count). The number of rotatable bonds is 3. The van der Waals surface area contributed by atoms with Gasteiger partial charge in [-0.2, -0.15) is 0 Å².